The van der Waals surface area contributed by atoms with Crippen LogP contribution in [-0.4, -0.2) is 13.2 Å². The van der Waals surface area contributed by atoms with Gasteiger partial charge in [-0.1, -0.05) is 0 Å². The Morgan fingerprint density at radius 2 is 2.07 bits per heavy atom. The van der Waals surface area contributed by atoms with Gasteiger partial charge in [0.1, 0.15) is 13.2 Å². The molecule has 76 valence electrons. The minimum atomic E-state index is 0.00197. The maximum absolute atomic E-state index is 5.80. The van der Waals surface area contributed by atoms with E-state index >= 15 is 0 Å². The minimum Gasteiger partial charge on any atom is -0.486 e. The maximum Gasteiger partial charge on any atom is 0.175 e. The molecule has 1 aliphatic heterocycles. The molecule has 1 aliphatic rings. The first-order chi connectivity index (χ1) is 6.68. The van der Waals surface area contributed by atoms with Gasteiger partial charge in [-0.25, -0.2) is 0 Å². The van der Waals surface area contributed by atoms with Crippen LogP contribution in [0, 0.1) is 0 Å². The van der Waals surface area contributed by atoms with Crippen LogP contribution in [0.5, 0.6) is 11.5 Å². The highest BCUT2D eigenvalue weighted by molar-refractivity contribution is 9.10. The fourth-order valence-corrected chi connectivity index (χ4v) is 1.97. The Hall–Kier alpha value is -0.740. The third-order valence-electron chi connectivity index (χ3n) is 2.14. The van der Waals surface area contributed by atoms with E-state index in [1.807, 2.05) is 19.1 Å². The molecule has 0 saturated carbocycles. The predicted molar refractivity (Wildman–Crippen MR) is 57.7 cm³/mol. The summed E-state index contributed by atoms with van der Waals surface area (Å²) in [6, 6.07) is 3.91. The lowest BCUT2D eigenvalue weighted by molar-refractivity contribution is 0.170. The van der Waals surface area contributed by atoms with E-state index in [-0.39, 0.29) is 6.04 Å². The zero-order valence-corrected chi connectivity index (χ0v) is 9.50. The van der Waals surface area contributed by atoms with Gasteiger partial charge < -0.3 is 15.2 Å². The molecular formula is C10H12BrNO2. The van der Waals surface area contributed by atoms with E-state index in [1.165, 1.54) is 0 Å². The van der Waals surface area contributed by atoms with Crippen molar-refractivity contribution < 1.29 is 9.47 Å². The summed E-state index contributed by atoms with van der Waals surface area (Å²) in [5.74, 6) is 1.55. The molecule has 1 aromatic rings. The van der Waals surface area contributed by atoms with E-state index in [0.29, 0.717) is 13.2 Å². The van der Waals surface area contributed by atoms with E-state index in [0.717, 1.165) is 21.5 Å². The third kappa shape index (κ3) is 1.72. The van der Waals surface area contributed by atoms with Crippen LogP contribution in [0.4, 0.5) is 0 Å². The molecule has 1 unspecified atom stereocenters. The predicted octanol–water partition coefficient (Wildman–Crippen LogP) is 2.24. The summed E-state index contributed by atoms with van der Waals surface area (Å²) < 4.78 is 11.9. The zero-order chi connectivity index (χ0) is 10.1. The number of nitrogens with two attached hydrogens (primary N) is 1. The van der Waals surface area contributed by atoms with Crippen LogP contribution in [0.2, 0.25) is 0 Å². The number of rotatable bonds is 1. The summed E-state index contributed by atoms with van der Waals surface area (Å²) in [6.07, 6.45) is 0. The van der Waals surface area contributed by atoms with Gasteiger partial charge in [0.15, 0.2) is 11.5 Å². The molecule has 4 heteroatoms. The monoisotopic (exact) mass is 257 g/mol. The molecular weight excluding hydrogens is 246 g/mol. The second kappa shape index (κ2) is 3.79. The first-order valence-corrected chi connectivity index (χ1v) is 5.32. The second-order valence-electron chi connectivity index (χ2n) is 3.32. The van der Waals surface area contributed by atoms with Crippen molar-refractivity contribution in [2.24, 2.45) is 5.73 Å². The normalized spacial score (nSPS) is 16.5. The zero-order valence-electron chi connectivity index (χ0n) is 7.92. The van der Waals surface area contributed by atoms with Crippen LogP contribution in [0.3, 0.4) is 0 Å². The first kappa shape index (κ1) is 9.80. The molecule has 0 aromatic heterocycles. The Labute approximate surface area is 91.3 Å². The molecule has 0 saturated heterocycles. The van der Waals surface area contributed by atoms with Gasteiger partial charge in [0.25, 0.3) is 0 Å². The Balaban J connectivity index is 2.46. The summed E-state index contributed by atoms with van der Waals surface area (Å²) in [5.41, 5.74) is 6.84. The number of ether oxygens (including phenoxy) is 2. The maximum atomic E-state index is 5.80. The van der Waals surface area contributed by atoms with Gasteiger partial charge in [-0.2, -0.15) is 0 Å². The van der Waals surface area contributed by atoms with Crippen molar-refractivity contribution in [2.75, 3.05) is 13.2 Å². The van der Waals surface area contributed by atoms with Gasteiger partial charge in [-0.15, -0.1) is 0 Å². The SMILES string of the molecule is CC(N)c1cc(Br)c2c(c1)OCCO2. The van der Waals surface area contributed by atoms with Gasteiger partial charge >= 0.3 is 0 Å². The topological polar surface area (TPSA) is 44.5 Å². The Kier molecular flexibility index (Phi) is 2.65. The number of hydrogen-bond acceptors (Lipinski definition) is 3. The van der Waals surface area contributed by atoms with Gasteiger partial charge in [-0.3, -0.25) is 0 Å². The smallest absolute Gasteiger partial charge is 0.175 e. The Morgan fingerprint density at radius 3 is 2.79 bits per heavy atom. The molecule has 2 N–H and O–H groups in total. The highest BCUT2D eigenvalue weighted by Gasteiger charge is 2.17. The standard InChI is InChI=1S/C10H12BrNO2/c1-6(12)7-4-8(11)10-9(5-7)13-2-3-14-10/h4-6H,2-3,12H2,1H3. The van der Waals surface area contributed by atoms with E-state index in [2.05, 4.69) is 15.9 Å². The minimum absolute atomic E-state index is 0.00197. The summed E-state index contributed by atoms with van der Waals surface area (Å²) in [7, 11) is 0. The molecule has 0 radical (unpaired) electrons. The first-order valence-electron chi connectivity index (χ1n) is 4.53. The van der Waals surface area contributed by atoms with Crippen LogP contribution in [0.15, 0.2) is 16.6 Å². The summed E-state index contributed by atoms with van der Waals surface area (Å²) in [6.45, 7) is 3.14. The van der Waals surface area contributed by atoms with Crippen LogP contribution in [0.25, 0.3) is 0 Å². The van der Waals surface area contributed by atoms with Crippen molar-refractivity contribution in [3.8, 4) is 11.5 Å². The third-order valence-corrected chi connectivity index (χ3v) is 2.73. The number of hydrogen-bond donors (Lipinski definition) is 1. The fourth-order valence-electron chi connectivity index (χ4n) is 1.39. The highest BCUT2D eigenvalue weighted by Crippen LogP contribution is 2.39. The summed E-state index contributed by atoms with van der Waals surface area (Å²) >= 11 is 3.44. The van der Waals surface area contributed by atoms with E-state index in [4.69, 9.17) is 15.2 Å². The number of fused-ring (bicyclic) bond motifs is 1. The van der Waals surface area contributed by atoms with Crippen LogP contribution < -0.4 is 15.2 Å². The van der Waals surface area contributed by atoms with E-state index < -0.39 is 0 Å². The van der Waals surface area contributed by atoms with Crippen LogP contribution in [-0.2, 0) is 0 Å². The number of halogens is 1. The van der Waals surface area contributed by atoms with Crippen molar-refractivity contribution in [3.63, 3.8) is 0 Å². The molecule has 2 rings (SSSR count). The molecule has 1 aromatic carbocycles. The number of benzene rings is 1. The molecule has 0 fully saturated rings. The van der Waals surface area contributed by atoms with E-state index in [9.17, 15) is 0 Å². The molecule has 1 atom stereocenters. The lowest BCUT2D eigenvalue weighted by atomic mass is 10.1. The lowest BCUT2D eigenvalue weighted by Crippen LogP contribution is -2.16. The second-order valence-corrected chi connectivity index (χ2v) is 4.17. The summed E-state index contributed by atoms with van der Waals surface area (Å²) in [4.78, 5) is 0. The van der Waals surface area contributed by atoms with Gasteiger partial charge in [0.05, 0.1) is 4.47 Å². The molecule has 0 amide bonds. The van der Waals surface area contributed by atoms with Crippen LogP contribution in [0.1, 0.15) is 18.5 Å². The summed E-state index contributed by atoms with van der Waals surface area (Å²) in [5, 5.41) is 0. The van der Waals surface area contributed by atoms with Crippen molar-refractivity contribution in [2.45, 2.75) is 13.0 Å². The van der Waals surface area contributed by atoms with Gasteiger partial charge in [0, 0.05) is 6.04 Å². The van der Waals surface area contributed by atoms with Gasteiger partial charge in [-0.05, 0) is 40.5 Å². The van der Waals surface area contributed by atoms with Crippen molar-refractivity contribution in [1.82, 2.24) is 0 Å². The van der Waals surface area contributed by atoms with Crippen LogP contribution >= 0.6 is 15.9 Å². The molecule has 0 bridgehead atoms. The molecule has 0 aliphatic carbocycles. The molecule has 14 heavy (non-hydrogen) atoms. The van der Waals surface area contributed by atoms with Crippen molar-refractivity contribution >= 4 is 15.9 Å². The Morgan fingerprint density at radius 1 is 1.36 bits per heavy atom. The molecule has 1 heterocycles. The van der Waals surface area contributed by atoms with Crippen molar-refractivity contribution in [3.05, 3.63) is 22.2 Å². The average molecular weight is 258 g/mol. The highest BCUT2D eigenvalue weighted by atomic mass is 79.9. The average Bonchev–Trinajstić information content (AvgIpc) is 2.17. The Bertz CT molecular complexity index is 352. The van der Waals surface area contributed by atoms with Gasteiger partial charge in [0.2, 0.25) is 0 Å². The van der Waals surface area contributed by atoms with E-state index in [1.54, 1.807) is 0 Å². The van der Waals surface area contributed by atoms with Crippen molar-refractivity contribution in [1.29, 1.82) is 0 Å². The molecule has 0 spiro atoms. The lowest BCUT2D eigenvalue weighted by Gasteiger charge is -2.21. The molecule has 3 nitrogen and oxygen atoms in total. The largest absolute Gasteiger partial charge is 0.486 e. The fraction of sp³-hybridized carbons (Fsp3) is 0.400. The quantitative estimate of drug-likeness (QED) is 0.840.